The number of fused-ring (bicyclic) bond motifs is 1. The average molecular weight is 485 g/mol. The van der Waals surface area contributed by atoms with Gasteiger partial charge in [0.2, 0.25) is 11.8 Å². The van der Waals surface area contributed by atoms with Crippen LogP contribution in [0.3, 0.4) is 0 Å². The number of aromatic amines is 1. The van der Waals surface area contributed by atoms with Crippen LogP contribution in [0.5, 0.6) is 17.4 Å². The van der Waals surface area contributed by atoms with Crippen molar-refractivity contribution in [3.05, 3.63) is 106 Å². The number of allylic oxidation sites excluding steroid dienone is 1. The van der Waals surface area contributed by atoms with Crippen LogP contribution in [0.25, 0.3) is 11.3 Å². The maximum Gasteiger partial charge on any atom is 0.244 e. The molecule has 1 aromatic heterocycles. The minimum atomic E-state index is -0.523. The second-order valence-corrected chi connectivity index (χ2v) is 8.37. The highest BCUT2D eigenvalue weighted by molar-refractivity contribution is 6.30. The lowest BCUT2D eigenvalue weighted by atomic mass is 9.83. The summed E-state index contributed by atoms with van der Waals surface area (Å²) in [6, 6.07) is 25.0. The number of halogens is 1. The van der Waals surface area contributed by atoms with Crippen molar-refractivity contribution >= 4 is 11.6 Å². The van der Waals surface area contributed by atoms with Crippen LogP contribution < -0.4 is 19.9 Å². The van der Waals surface area contributed by atoms with Crippen molar-refractivity contribution in [2.45, 2.75) is 12.5 Å². The molecule has 2 heterocycles. The molecule has 0 radical (unpaired) electrons. The van der Waals surface area contributed by atoms with Gasteiger partial charge in [-0.2, -0.15) is 5.26 Å². The van der Waals surface area contributed by atoms with Gasteiger partial charge in [0.15, 0.2) is 11.5 Å². The molecular weight excluding hydrogens is 464 g/mol. The summed E-state index contributed by atoms with van der Waals surface area (Å²) in [4.78, 5) is 0. The van der Waals surface area contributed by atoms with E-state index in [2.05, 4.69) is 16.3 Å². The molecule has 0 amide bonds. The first-order chi connectivity index (χ1) is 17.1. The molecule has 174 valence electrons. The van der Waals surface area contributed by atoms with Crippen molar-refractivity contribution in [3.8, 4) is 34.7 Å². The Labute approximate surface area is 207 Å². The first-order valence-electron chi connectivity index (χ1n) is 10.9. The summed E-state index contributed by atoms with van der Waals surface area (Å²) in [7, 11) is 1.58. The Kier molecular flexibility index (Phi) is 6.04. The van der Waals surface area contributed by atoms with Crippen molar-refractivity contribution in [3.63, 3.8) is 0 Å². The molecule has 7 nitrogen and oxygen atoms in total. The molecule has 0 saturated heterocycles. The number of rotatable bonds is 6. The van der Waals surface area contributed by atoms with E-state index in [9.17, 15) is 5.26 Å². The molecule has 1 aliphatic heterocycles. The minimum Gasteiger partial charge on any atom is -0.493 e. The highest BCUT2D eigenvalue weighted by atomic mass is 35.5. The molecule has 1 unspecified atom stereocenters. The molecule has 0 saturated carbocycles. The van der Waals surface area contributed by atoms with E-state index >= 15 is 0 Å². The molecular formula is C27H21ClN4O3. The van der Waals surface area contributed by atoms with Gasteiger partial charge in [-0.25, -0.2) is 0 Å². The Bertz CT molecular complexity index is 1440. The van der Waals surface area contributed by atoms with Crippen molar-refractivity contribution in [1.82, 2.24) is 10.2 Å². The largest absolute Gasteiger partial charge is 0.493 e. The van der Waals surface area contributed by atoms with E-state index in [4.69, 9.17) is 31.5 Å². The van der Waals surface area contributed by atoms with Crippen molar-refractivity contribution in [2.75, 3.05) is 7.11 Å². The van der Waals surface area contributed by atoms with E-state index in [-0.39, 0.29) is 11.5 Å². The maximum atomic E-state index is 9.97. The number of aromatic nitrogens is 2. The van der Waals surface area contributed by atoms with Gasteiger partial charge in [0.1, 0.15) is 18.2 Å². The molecule has 0 bridgehead atoms. The van der Waals surface area contributed by atoms with Gasteiger partial charge in [-0.05, 0) is 35.4 Å². The quantitative estimate of drug-likeness (QED) is 0.372. The van der Waals surface area contributed by atoms with Gasteiger partial charge in [0, 0.05) is 10.6 Å². The third-order valence-corrected chi connectivity index (χ3v) is 6.08. The molecule has 4 aromatic rings. The standard InChI is InChI=1S/C27H21ClN4O3/c1-33-22-13-18(9-12-21(22)34-15-16-5-3-2-4-6-16)23-20(14-29)26(30)35-27-24(23)25(31-32-27)17-7-10-19(28)11-8-17/h2-13,23H,15,30H2,1H3,(H,31,32). The lowest BCUT2D eigenvalue weighted by Crippen LogP contribution is -2.21. The maximum absolute atomic E-state index is 9.97. The number of benzene rings is 3. The fourth-order valence-corrected chi connectivity index (χ4v) is 4.26. The molecule has 1 atom stereocenters. The molecule has 0 spiro atoms. The summed E-state index contributed by atoms with van der Waals surface area (Å²) < 4.78 is 17.3. The van der Waals surface area contributed by atoms with Crippen LogP contribution in [0.15, 0.2) is 84.3 Å². The van der Waals surface area contributed by atoms with E-state index in [0.29, 0.717) is 40.3 Å². The Morgan fingerprint density at radius 2 is 1.86 bits per heavy atom. The van der Waals surface area contributed by atoms with Crippen molar-refractivity contribution in [2.24, 2.45) is 5.73 Å². The molecule has 8 heteroatoms. The van der Waals surface area contributed by atoms with E-state index in [1.165, 1.54) is 0 Å². The highest BCUT2D eigenvalue weighted by Gasteiger charge is 2.36. The van der Waals surface area contributed by atoms with E-state index in [0.717, 1.165) is 16.7 Å². The van der Waals surface area contributed by atoms with Gasteiger partial charge in [-0.1, -0.05) is 60.1 Å². The number of hydrogen-bond acceptors (Lipinski definition) is 6. The summed E-state index contributed by atoms with van der Waals surface area (Å²) in [5.74, 6) is 0.944. The fourth-order valence-electron chi connectivity index (χ4n) is 4.13. The Morgan fingerprint density at radius 3 is 2.57 bits per heavy atom. The second kappa shape index (κ2) is 9.45. The van der Waals surface area contributed by atoms with Crippen LogP contribution >= 0.6 is 11.6 Å². The van der Waals surface area contributed by atoms with Crippen LogP contribution in [0, 0.1) is 11.3 Å². The number of hydrogen-bond donors (Lipinski definition) is 2. The number of H-pyrrole nitrogens is 1. The predicted molar refractivity (Wildman–Crippen MR) is 132 cm³/mol. The second-order valence-electron chi connectivity index (χ2n) is 7.93. The highest BCUT2D eigenvalue weighted by Crippen LogP contribution is 2.47. The molecule has 0 aliphatic carbocycles. The predicted octanol–water partition coefficient (Wildman–Crippen LogP) is 5.54. The smallest absolute Gasteiger partial charge is 0.244 e. The summed E-state index contributed by atoms with van der Waals surface area (Å²) in [5.41, 5.74) is 10.5. The van der Waals surface area contributed by atoms with Crippen LogP contribution in [0.4, 0.5) is 0 Å². The third kappa shape index (κ3) is 4.27. The van der Waals surface area contributed by atoms with Gasteiger partial charge < -0.3 is 19.9 Å². The SMILES string of the molecule is COc1cc(C2C(C#N)=C(N)Oc3n[nH]c(-c4ccc(Cl)cc4)c32)ccc1OCc1ccccc1. The molecule has 0 fully saturated rings. The van der Waals surface area contributed by atoms with Crippen molar-refractivity contribution in [1.29, 1.82) is 5.26 Å². The summed E-state index contributed by atoms with van der Waals surface area (Å²) >= 11 is 6.08. The number of ether oxygens (including phenoxy) is 3. The van der Waals surface area contributed by atoms with E-state index < -0.39 is 5.92 Å². The summed E-state index contributed by atoms with van der Waals surface area (Å²) in [6.45, 7) is 0.400. The summed E-state index contributed by atoms with van der Waals surface area (Å²) in [6.07, 6.45) is 0. The van der Waals surface area contributed by atoms with Crippen LogP contribution in [-0.4, -0.2) is 17.3 Å². The minimum absolute atomic E-state index is 0.0162. The average Bonchev–Trinajstić information content (AvgIpc) is 3.30. The lowest BCUT2D eigenvalue weighted by Gasteiger charge is -2.25. The first-order valence-corrected chi connectivity index (χ1v) is 11.2. The Balaban J connectivity index is 1.56. The van der Waals surface area contributed by atoms with Crippen LogP contribution in [-0.2, 0) is 6.61 Å². The summed E-state index contributed by atoms with van der Waals surface area (Å²) in [5, 5.41) is 17.9. The van der Waals surface area contributed by atoms with Gasteiger partial charge in [-0.3, -0.25) is 5.10 Å². The molecule has 1 aliphatic rings. The van der Waals surface area contributed by atoms with Crippen LogP contribution in [0.1, 0.15) is 22.6 Å². The lowest BCUT2D eigenvalue weighted by molar-refractivity contribution is 0.284. The first kappa shape index (κ1) is 22.4. The Morgan fingerprint density at radius 1 is 1.09 bits per heavy atom. The zero-order valence-electron chi connectivity index (χ0n) is 18.8. The molecule has 35 heavy (non-hydrogen) atoms. The molecule has 3 N–H and O–H groups in total. The zero-order valence-corrected chi connectivity index (χ0v) is 19.5. The van der Waals surface area contributed by atoms with Gasteiger partial charge >= 0.3 is 0 Å². The molecule has 5 rings (SSSR count). The monoisotopic (exact) mass is 484 g/mol. The van der Waals surface area contributed by atoms with Crippen molar-refractivity contribution < 1.29 is 14.2 Å². The third-order valence-electron chi connectivity index (χ3n) is 5.83. The zero-order chi connectivity index (χ0) is 24.4. The number of methoxy groups -OCH3 is 1. The number of nitriles is 1. The normalized spacial score (nSPS) is 14.6. The van der Waals surface area contributed by atoms with Gasteiger partial charge in [0.05, 0.1) is 24.3 Å². The molecule has 3 aromatic carbocycles. The van der Waals surface area contributed by atoms with Crippen LogP contribution in [0.2, 0.25) is 5.02 Å². The number of nitrogens with two attached hydrogens (primary N) is 1. The fraction of sp³-hybridized carbons (Fsp3) is 0.111. The number of nitrogens with one attached hydrogen (secondary N) is 1. The van der Waals surface area contributed by atoms with Gasteiger partial charge in [0.25, 0.3) is 0 Å². The van der Waals surface area contributed by atoms with Gasteiger partial charge in [-0.15, -0.1) is 5.10 Å². The van der Waals surface area contributed by atoms with E-state index in [1.54, 1.807) is 19.2 Å². The topological polar surface area (TPSA) is 106 Å². The van der Waals surface area contributed by atoms with E-state index in [1.807, 2.05) is 60.7 Å². The Hall–Kier alpha value is -4.41. The number of nitrogens with zero attached hydrogens (tertiary/aromatic N) is 2.